The predicted molar refractivity (Wildman–Crippen MR) is 137 cm³/mol. The Bertz CT molecular complexity index is 1390. The minimum absolute atomic E-state index is 0.0809. The molecule has 2 heterocycles. The number of hydrogen-bond acceptors (Lipinski definition) is 5. The van der Waals surface area contributed by atoms with Crippen LogP contribution in [0.1, 0.15) is 35.6 Å². The molecule has 2 N–H and O–H groups in total. The second kappa shape index (κ2) is 11.7. The summed E-state index contributed by atoms with van der Waals surface area (Å²) in [6.07, 6.45) is -0.250. The summed E-state index contributed by atoms with van der Waals surface area (Å²) in [7, 11) is 0. The molecule has 4 rings (SSSR count). The van der Waals surface area contributed by atoms with Gasteiger partial charge in [-0.05, 0) is 41.3 Å². The van der Waals surface area contributed by atoms with Crippen molar-refractivity contribution >= 4 is 11.7 Å². The normalized spacial score (nSPS) is 12.9. The zero-order valence-corrected chi connectivity index (χ0v) is 20.5. The molecule has 1 unspecified atom stereocenters. The van der Waals surface area contributed by atoms with Gasteiger partial charge in [-0.25, -0.2) is 4.98 Å². The molecule has 0 bridgehead atoms. The molecule has 2 aromatic heterocycles. The van der Waals surface area contributed by atoms with E-state index in [1.165, 1.54) is 18.6 Å². The van der Waals surface area contributed by atoms with Crippen LogP contribution in [0.25, 0.3) is 11.1 Å². The lowest BCUT2D eigenvalue weighted by Crippen LogP contribution is -2.35. The van der Waals surface area contributed by atoms with Crippen LogP contribution in [0.2, 0.25) is 0 Å². The molecule has 2 atom stereocenters. The van der Waals surface area contributed by atoms with Gasteiger partial charge < -0.3 is 10.6 Å². The van der Waals surface area contributed by atoms with Gasteiger partial charge in [-0.15, -0.1) is 0 Å². The standard InChI is InChI=1S/C28H25F3N6O/c1-19(21-9-7-20(13-32)8-10-21)14-34-26(22-5-3-2-4-6-22)27(38)36-25-12-11-23(15-33-25)24-16-35-37(17-24)18-28(29,30)31/h2-12,15-17,19,26,34H,14,18H2,1H3,(H,33,36,38)/t19-,26?/m1/s1. The highest BCUT2D eigenvalue weighted by molar-refractivity contribution is 5.95. The van der Waals surface area contributed by atoms with E-state index < -0.39 is 18.8 Å². The number of nitrogens with zero attached hydrogens (tertiary/aromatic N) is 4. The van der Waals surface area contributed by atoms with E-state index in [2.05, 4.69) is 26.8 Å². The molecule has 194 valence electrons. The van der Waals surface area contributed by atoms with E-state index in [1.807, 2.05) is 49.4 Å². The third-order valence-electron chi connectivity index (χ3n) is 5.95. The number of carbonyl (C=O) groups is 1. The van der Waals surface area contributed by atoms with Crippen LogP contribution in [0.15, 0.2) is 85.3 Å². The molecule has 10 heteroatoms. The Labute approximate surface area is 217 Å². The molecule has 0 aliphatic carbocycles. The van der Waals surface area contributed by atoms with E-state index in [4.69, 9.17) is 5.26 Å². The van der Waals surface area contributed by atoms with E-state index in [9.17, 15) is 18.0 Å². The monoisotopic (exact) mass is 518 g/mol. The van der Waals surface area contributed by atoms with Gasteiger partial charge in [0.2, 0.25) is 5.91 Å². The number of amides is 1. The zero-order chi connectivity index (χ0) is 27.1. The number of halogens is 3. The van der Waals surface area contributed by atoms with E-state index in [-0.39, 0.29) is 11.8 Å². The fourth-order valence-electron chi connectivity index (χ4n) is 3.93. The lowest BCUT2D eigenvalue weighted by atomic mass is 9.98. The van der Waals surface area contributed by atoms with E-state index in [0.29, 0.717) is 29.1 Å². The van der Waals surface area contributed by atoms with E-state index in [1.54, 1.807) is 24.3 Å². The molecule has 0 spiro atoms. The maximum atomic E-state index is 13.3. The van der Waals surface area contributed by atoms with Crippen molar-refractivity contribution in [1.29, 1.82) is 5.26 Å². The third kappa shape index (κ3) is 7.05. The maximum absolute atomic E-state index is 13.3. The molecule has 0 fully saturated rings. The summed E-state index contributed by atoms with van der Waals surface area (Å²) >= 11 is 0. The molecule has 0 radical (unpaired) electrons. The number of hydrogen-bond donors (Lipinski definition) is 2. The van der Waals surface area contributed by atoms with Crippen molar-refractivity contribution in [2.24, 2.45) is 0 Å². The van der Waals surface area contributed by atoms with Gasteiger partial charge in [-0.2, -0.15) is 23.5 Å². The summed E-state index contributed by atoms with van der Waals surface area (Å²) in [6, 6.07) is 21.3. The van der Waals surface area contributed by atoms with Crippen LogP contribution in [0, 0.1) is 11.3 Å². The maximum Gasteiger partial charge on any atom is 0.408 e. The Hall–Kier alpha value is -4.49. The predicted octanol–water partition coefficient (Wildman–Crippen LogP) is 5.45. The first kappa shape index (κ1) is 26.6. The Morgan fingerprint density at radius 3 is 2.37 bits per heavy atom. The van der Waals surface area contributed by atoms with Crippen LogP contribution in [0.3, 0.4) is 0 Å². The summed E-state index contributed by atoms with van der Waals surface area (Å²) in [6.45, 7) is 1.37. The van der Waals surface area contributed by atoms with Crippen LogP contribution in [-0.2, 0) is 11.3 Å². The van der Waals surface area contributed by atoms with Crippen LogP contribution in [0.4, 0.5) is 19.0 Å². The van der Waals surface area contributed by atoms with Crippen LogP contribution >= 0.6 is 0 Å². The first-order valence-electron chi connectivity index (χ1n) is 11.9. The first-order valence-corrected chi connectivity index (χ1v) is 11.9. The smallest absolute Gasteiger partial charge is 0.309 e. The van der Waals surface area contributed by atoms with Gasteiger partial charge in [-0.3, -0.25) is 9.48 Å². The highest BCUT2D eigenvalue weighted by Crippen LogP contribution is 2.23. The number of benzene rings is 2. The van der Waals surface area contributed by atoms with Crippen molar-refractivity contribution in [2.45, 2.75) is 31.6 Å². The molecule has 0 aliphatic heterocycles. The fourth-order valence-corrected chi connectivity index (χ4v) is 3.93. The van der Waals surface area contributed by atoms with Gasteiger partial charge in [0.15, 0.2) is 0 Å². The van der Waals surface area contributed by atoms with Crippen molar-refractivity contribution in [2.75, 3.05) is 11.9 Å². The summed E-state index contributed by atoms with van der Waals surface area (Å²) in [5, 5.41) is 18.9. The van der Waals surface area contributed by atoms with Crippen molar-refractivity contribution in [3.05, 3.63) is 102 Å². The number of alkyl halides is 3. The average molecular weight is 519 g/mol. The second-order valence-electron chi connectivity index (χ2n) is 8.85. The largest absolute Gasteiger partial charge is 0.408 e. The van der Waals surface area contributed by atoms with Crippen LogP contribution in [0.5, 0.6) is 0 Å². The van der Waals surface area contributed by atoms with Crippen molar-refractivity contribution < 1.29 is 18.0 Å². The number of rotatable bonds is 9. The Kier molecular flexibility index (Phi) is 8.19. The minimum Gasteiger partial charge on any atom is -0.309 e. The molecule has 7 nitrogen and oxygen atoms in total. The molecule has 38 heavy (non-hydrogen) atoms. The molecule has 0 saturated heterocycles. The molecule has 2 aromatic carbocycles. The summed E-state index contributed by atoms with van der Waals surface area (Å²) in [5.74, 6) is 0.0863. The lowest BCUT2D eigenvalue weighted by Gasteiger charge is -2.21. The summed E-state index contributed by atoms with van der Waals surface area (Å²) in [5.41, 5.74) is 3.47. The number of nitrogens with one attached hydrogen (secondary N) is 2. The first-order chi connectivity index (χ1) is 18.2. The second-order valence-corrected chi connectivity index (χ2v) is 8.85. The van der Waals surface area contributed by atoms with Gasteiger partial charge >= 0.3 is 6.18 Å². The molecule has 1 amide bonds. The number of carbonyl (C=O) groups excluding carboxylic acids is 1. The van der Waals surface area contributed by atoms with Crippen molar-refractivity contribution in [3.8, 4) is 17.2 Å². The Morgan fingerprint density at radius 1 is 1.00 bits per heavy atom. The molecule has 0 aliphatic rings. The van der Waals surface area contributed by atoms with E-state index in [0.717, 1.165) is 15.8 Å². The number of pyridine rings is 1. The fraction of sp³-hybridized carbons (Fsp3) is 0.214. The van der Waals surface area contributed by atoms with Gasteiger partial charge in [0.25, 0.3) is 0 Å². The Balaban J connectivity index is 1.43. The zero-order valence-electron chi connectivity index (χ0n) is 20.5. The lowest BCUT2D eigenvalue weighted by molar-refractivity contribution is -0.142. The minimum atomic E-state index is -4.36. The van der Waals surface area contributed by atoms with Crippen LogP contribution < -0.4 is 10.6 Å². The Morgan fingerprint density at radius 2 is 1.74 bits per heavy atom. The van der Waals surface area contributed by atoms with Crippen molar-refractivity contribution in [3.63, 3.8) is 0 Å². The average Bonchev–Trinajstić information content (AvgIpc) is 3.36. The number of anilines is 1. The molecule has 0 saturated carbocycles. The number of nitriles is 1. The molecular formula is C28H25F3N6O. The van der Waals surface area contributed by atoms with Gasteiger partial charge in [0.1, 0.15) is 18.4 Å². The molecular weight excluding hydrogens is 493 g/mol. The third-order valence-corrected chi connectivity index (χ3v) is 5.95. The van der Waals surface area contributed by atoms with Gasteiger partial charge in [0, 0.05) is 30.1 Å². The van der Waals surface area contributed by atoms with Gasteiger partial charge in [-0.1, -0.05) is 49.4 Å². The number of aromatic nitrogens is 3. The highest BCUT2D eigenvalue weighted by Gasteiger charge is 2.28. The van der Waals surface area contributed by atoms with Gasteiger partial charge in [0.05, 0.1) is 17.8 Å². The topological polar surface area (TPSA) is 95.6 Å². The highest BCUT2D eigenvalue weighted by atomic mass is 19.4. The molecule has 4 aromatic rings. The quantitative estimate of drug-likeness (QED) is 0.307. The summed E-state index contributed by atoms with van der Waals surface area (Å²) < 4.78 is 38.6. The van der Waals surface area contributed by atoms with Crippen molar-refractivity contribution in [1.82, 2.24) is 20.1 Å². The van der Waals surface area contributed by atoms with Crippen LogP contribution in [-0.4, -0.2) is 33.4 Å². The van der Waals surface area contributed by atoms with E-state index >= 15 is 0 Å². The summed E-state index contributed by atoms with van der Waals surface area (Å²) in [4.78, 5) is 17.5. The SMILES string of the molecule is C[C@H](CNC(C(=O)Nc1ccc(-c2cnn(CC(F)(F)F)c2)cn1)c1ccccc1)c1ccc(C#N)cc1.